The third-order valence-electron chi connectivity index (χ3n) is 2.36. The van der Waals surface area contributed by atoms with Gasteiger partial charge in [-0.1, -0.05) is 12.1 Å². The van der Waals surface area contributed by atoms with Crippen molar-refractivity contribution >= 4 is 11.7 Å². The number of ether oxygens (including phenoxy) is 1. The van der Waals surface area contributed by atoms with Crippen molar-refractivity contribution in [2.75, 3.05) is 12.4 Å². The molecule has 1 heterocycles. The molecule has 0 atom stereocenters. The summed E-state index contributed by atoms with van der Waals surface area (Å²) in [5.74, 6) is 0.114. The zero-order chi connectivity index (χ0) is 13.0. The molecule has 0 bridgehead atoms. The van der Waals surface area contributed by atoms with Gasteiger partial charge in [0.2, 0.25) is 0 Å². The summed E-state index contributed by atoms with van der Waals surface area (Å²) in [5.41, 5.74) is 0.0886. The first-order chi connectivity index (χ1) is 8.72. The number of nitrogens with zero attached hydrogens (tertiary/aromatic N) is 1. The number of benzene rings is 1. The molecule has 2 N–H and O–H groups in total. The van der Waals surface area contributed by atoms with Gasteiger partial charge in [-0.2, -0.15) is 0 Å². The van der Waals surface area contributed by atoms with Crippen molar-refractivity contribution in [2.45, 2.75) is 0 Å². The van der Waals surface area contributed by atoms with Gasteiger partial charge in [0.05, 0.1) is 7.11 Å². The number of hydrogen-bond donors (Lipinski definition) is 2. The molecule has 2 rings (SSSR count). The molecule has 0 aliphatic heterocycles. The minimum absolute atomic E-state index is 0.0886. The maximum atomic E-state index is 12.0. The Morgan fingerprint density at radius 3 is 2.78 bits per heavy atom. The summed E-state index contributed by atoms with van der Waals surface area (Å²) in [5, 5.41) is 12.3. The smallest absolute Gasteiger partial charge is 0.264 e. The molecule has 0 spiro atoms. The zero-order valence-electron chi connectivity index (χ0n) is 9.75. The Labute approximate surface area is 104 Å². The third kappa shape index (κ3) is 2.40. The Kier molecular flexibility index (Phi) is 3.43. The molecule has 1 aromatic heterocycles. The number of methoxy groups -OCH3 is 1. The van der Waals surface area contributed by atoms with Crippen molar-refractivity contribution in [3.8, 4) is 11.5 Å². The SMILES string of the molecule is COc1cccc(O)c1C(=O)Nc1ccccn1. The molecule has 0 radical (unpaired) electrons. The van der Waals surface area contributed by atoms with E-state index in [2.05, 4.69) is 10.3 Å². The van der Waals surface area contributed by atoms with Crippen molar-refractivity contribution < 1.29 is 14.6 Å². The molecule has 0 saturated heterocycles. The first-order valence-corrected chi connectivity index (χ1v) is 5.30. The van der Waals surface area contributed by atoms with Crippen LogP contribution in [0.25, 0.3) is 0 Å². The molecule has 0 unspecified atom stereocenters. The Hall–Kier alpha value is -2.56. The quantitative estimate of drug-likeness (QED) is 0.866. The highest BCUT2D eigenvalue weighted by molar-refractivity contribution is 6.07. The zero-order valence-corrected chi connectivity index (χ0v) is 9.75. The number of phenolic OH excluding ortho intramolecular Hbond substituents is 1. The van der Waals surface area contributed by atoms with Crippen LogP contribution in [0.2, 0.25) is 0 Å². The van der Waals surface area contributed by atoms with Crippen molar-refractivity contribution in [1.29, 1.82) is 0 Å². The van der Waals surface area contributed by atoms with Gasteiger partial charge in [-0.05, 0) is 24.3 Å². The minimum Gasteiger partial charge on any atom is -0.507 e. The van der Waals surface area contributed by atoms with E-state index in [0.29, 0.717) is 11.6 Å². The van der Waals surface area contributed by atoms with E-state index in [4.69, 9.17) is 4.74 Å². The topological polar surface area (TPSA) is 71.5 Å². The molecule has 0 fully saturated rings. The predicted molar refractivity (Wildman–Crippen MR) is 66.8 cm³/mol. The van der Waals surface area contributed by atoms with Crippen molar-refractivity contribution in [3.05, 3.63) is 48.2 Å². The number of amides is 1. The summed E-state index contributed by atoms with van der Waals surface area (Å²) in [4.78, 5) is 16.0. The fraction of sp³-hybridized carbons (Fsp3) is 0.0769. The van der Waals surface area contributed by atoms with Crippen molar-refractivity contribution in [3.63, 3.8) is 0 Å². The molecule has 5 heteroatoms. The molecule has 18 heavy (non-hydrogen) atoms. The van der Waals surface area contributed by atoms with Crippen LogP contribution < -0.4 is 10.1 Å². The van der Waals surface area contributed by atoms with Crippen molar-refractivity contribution in [2.24, 2.45) is 0 Å². The first-order valence-electron chi connectivity index (χ1n) is 5.30. The second-order valence-electron chi connectivity index (χ2n) is 3.52. The summed E-state index contributed by atoms with van der Waals surface area (Å²) in [7, 11) is 1.44. The van der Waals surface area contributed by atoms with Gasteiger partial charge in [0.25, 0.3) is 5.91 Å². The standard InChI is InChI=1S/C13H12N2O3/c1-18-10-6-4-5-9(16)12(10)13(17)15-11-7-2-3-8-14-11/h2-8,16H,1H3,(H,14,15,17). The third-order valence-corrected chi connectivity index (χ3v) is 2.36. The number of carbonyl (C=O) groups excluding carboxylic acids is 1. The van der Waals surface area contributed by atoms with E-state index >= 15 is 0 Å². The van der Waals surface area contributed by atoms with Crippen LogP contribution in [0.15, 0.2) is 42.6 Å². The number of phenols is 1. The van der Waals surface area contributed by atoms with Crippen LogP contribution >= 0.6 is 0 Å². The second kappa shape index (κ2) is 5.18. The molecule has 0 aliphatic carbocycles. The van der Waals surface area contributed by atoms with Gasteiger partial charge in [-0.15, -0.1) is 0 Å². The lowest BCUT2D eigenvalue weighted by Gasteiger charge is -2.10. The summed E-state index contributed by atoms with van der Waals surface area (Å²) < 4.78 is 5.04. The van der Waals surface area contributed by atoms with Crippen LogP contribution in [-0.2, 0) is 0 Å². The molecule has 92 valence electrons. The number of aromatic hydroxyl groups is 1. The monoisotopic (exact) mass is 244 g/mol. The lowest BCUT2D eigenvalue weighted by Crippen LogP contribution is -2.14. The Morgan fingerprint density at radius 1 is 1.28 bits per heavy atom. The average molecular weight is 244 g/mol. The molecule has 1 amide bonds. The predicted octanol–water partition coefficient (Wildman–Crippen LogP) is 2.05. The highest BCUT2D eigenvalue weighted by Gasteiger charge is 2.17. The largest absolute Gasteiger partial charge is 0.507 e. The van der Waals surface area contributed by atoms with Gasteiger partial charge in [0.15, 0.2) is 0 Å². The molecular formula is C13H12N2O3. The Morgan fingerprint density at radius 2 is 2.11 bits per heavy atom. The van der Waals surface area contributed by atoms with Gasteiger partial charge in [0.1, 0.15) is 22.9 Å². The van der Waals surface area contributed by atoms with E-state index in [0.717, 1.165) is 0 Å². The Balaban J connectivity index is 2.29. The molecule has 2 aromatic rings. The van der Waals surface area contributed by atoms with E-state index in [1.807, 2.05) is 0 Å². The maximum absolute atomic E-state index is 12.0. The van der Waals surface area contributed by atoms with Crippen LogP contribution in [0, 0.1) is 0 Å². The van der Waals surface area contributed by atoms with Gasteiger partial charge < -0.3 is 15.2 Å². The summed E-state index contributed by atoms with van der Waals surface area (Å²) in [6.45, 7) is 0. The molecule has 1 aromatic carbocycles. The van der Waals surface area contributed by atoms with E-state index in [-0.39, 0.29) is 11.3 Å². The number of carbonyl (C=O) groups is 1. The molecular weight excluding hydrogens is 232 g/mol. The lowest BCUT2D eigenvalue weighted by molar-refractivity contribution is 0.102. The van der Waals surface area contributed by atoms with Crippen LogP contribution in [0.1, 0.15) is 10.4 Å². The highest BCUT2D eigenvalue weighted by atomic mass is 16.5. The van der Waals surface area contributed by atoms with Gasteiger partial charge in [-0.25, -0.2) is 4.98 Å². The van der Waals surface area contributed by atoms with Crippen LogP contribution in [0.3, 0.4) is 0 Å². The number of anilines is 1. The number of hydrogen-bond acceptors (Lipinski definition) is 4. The van der Waals surface area contributed by atoms with Gasteiger partial charge in [0, 0.05) is 6.20 Å². The van der Waals surface area contributed by atoms with Crippen LogP contribution in [-0.4, -0.2) is 23.1 Å². The summed E-state index contributed by atoms with van der Waals surface area (Å²) in [6, 6.07) is 9.79. The first kappa shape index (κ1) is 11.9. The number of aromatic nitrogens is 1. The van der Waals surface area contributed by atoms with E-state index in [1.165, 1.54) is 13.2 Å². The highest BCUT2D eigenvalue weighted by Crippen LogP contribution is 2.27. The average Bonchev–Trinajstić information content (AvgIpc) is 2.39. The molecule has 5 nitrogen and oxygen atoms in total. The van der Waals surface area contributed by atoms with E-state index < -0.39 is 5.91 Å². The van der Waals surface area contributed by atoms with Crippen LogP contribution in [0.4, 0.5) is 5.82 Å². The van der Waals surface area contributed by atoms with Crippen LogP contribution in [0.5, 0.6) is 11.5 Å². The number of pyridine rings is 1. The van der Waals surface area contributed by atoms with Gasteiger partial charge in [-0.3, -0.25) is 4.79 Å². The van der Waals surface area contributed by atoms with Crippen molar-refractivity contribution in [1.82, 2.24) is 4.98 Å². The molecule has 0 saturated carbocycles. The lowest BCUT2D eigenvalue weighted by atomic mass is 10.1. The Bertz CT molecular complexity index is 555. The van der Waals surface area contributed by atoms with Gasteiger partial charge >= 0.3 is 0 Å². The number of rotatable bonds is 3. The second-order valence-corrected chi connectivity index (χ2v) is 3.52. The van der Waals surface area contributed by atoms with E-state index in [1.54, 1.807) is 36.5 Å². The summed E-state index contributed by atoms with van der Waals surface area (Å²) in [6.07, 6.45) is 1.57. The molecule has 0 aliphatic rings. The normalized spacial score (nSPS) is 9.83. The number of nitrogens with one attached hydrogen (secondary N) is 1. The fourth-order valence-corrected chi connectivity index (χ4v) is 1.53. The fourth-order valence-electron chi connectivity index (χ4n) is 1.53. The maximum Gasteiger partial charge on any atom is 0.264 e. The minimum atomic E-state index is -0.469. The summed E-state index contributed by atoms with van der Waals surface area (Å²) >= 11 is 0. The van der Waals surface area contributed by atoms with E-state index in [9.17, 15) is 9.90 Å².